The molecule has 4 rings (SSSR count). The minimum atomic E-state index is -1.31. The molecular formula is C25H26F2N2O3. The summed E-state index contributed by atoms with van der Waals surface area (Å²) in [6.45, 7) is 1.53. The van der Waals surface area contributed by atoms with Crippen LogP contribution in [0.3, 0.4) is 0 Å². The standard InChI is InChI=1S/C25H26F2N2O3/c1-25(14-15-7-12-19(26)20(27)13-15)22(30)21(24(32)29-25)23(31)28-18-10-8-17(9-11-18)16-5-3-2-4-6-16/h7-13,16,30H,2-6,14H2,1H3,(H,28,31)(H,29,32). The van der Waals surface area contributed by atoms with Gasteiger partial charge in [0.05, 0.1) is 5.54 Å². The van der Waals surface area contributed by atoms with Gasteiger partial charge in [-0.15, -0.1) is 0 Å². The van der Waals surface area contributed by atoms with Crippen LogP contribution in [-0.4, -0.2) is 22.5 Å². The maximum atomic E-state index is 13.5. The highest BCUT2D eigenvalue weighted by atomic mass is 19.2. The molecule has 0 aromatic heterocycles. The molecule has 1 heterocycles. The number of carbonyl (C=O) groups excluding carboxylic acids is 2. The van der Waals surface area contributed by atoms with Crippen molar-refractivity contribution in [2.45, 2.75) is 56.9 Å². The molecule has 0 radical (unpaired) electrons. The minimum absolute atomic E-state index is 0.00532. The van der Waals surface area contributed by atoms with E-state index in [1.807, 2.05) is 12.1 Å². The second-order valence-corrected chi connectivity index (χ2v) is 8.85. The van der Waals surface area contributed by atoms with Gasteiger partial charge in [0, 0.05) is 12.1 Å². The van der Waals surface area contributed by atoms with E-state index < -0.39 is 34.7 Å². The number of rotatable bonds is 5. The fourth-order valence-corrected chi connectivity index (χ4v) is 4.62. The van der Waals surface area contributed by atoms with E-state index in [1.54, 1.807) is 12.1 Å². The Bertz CT molecular complexity index is 1080. The zero-order chi connectivity index (χ0) is 22.9. The molecule has 2 aliphatic rings. The minimum Gasteiger partial charge on any atom is -0.509 e. The maximum Gasteiger partial charge on any atom is 0.264 e. The molecule has 5 nitrogen and oxygen atoms in total. The quantitative estimate of drug-likeness (QED) is 0.579. The molecule has 168 valence electrons. The van der Waals surface area contributed by atoms with E-state index in [9.17, 15) is 23.5 Å². The number of aliphatic hydroxyl groups is 1. The van der Waals surface area contributed by atoms with Gasteiger partial charge in [-0.05, 0) is 61.1 Å². The third-order valence-corrected chi connectivity index (χ3v) is 6.39. The van der Waals surface area contributed by atoms with Crippen molar-refractivity contribution in [3.63, 3.8) is 0 Å². The molecular weight excluding hydrogens is 414 g/mol. The molecule has 1 unspecified atom stereocenters. The zero-order valence-electron chi connectivity index (χ0n) is 17.9. The van der Waals surface area contributed by atoms with Crippen LogP contribution in [-0.2, 0) is 16.0 Å². The van der Waals surface area contributed by atoms with E-state index in [0.29, 0.717) is 17.2 Å². The molecule has 1 fully saturated rings. The smallest absolute Gasteiger partial charge is 0.264 e. The molecule has 3 N–H and O–H groups in total. The van der Waals surface area contributed by atoms with Crippen molar-refractivity contribution in [3.8, 4) is 0 Å². The first kappa shape index (κ1) is 22.0. The molecule has 2 amide bonds. The summed E-state index contributed by atoms with van der Waals surface area (Å²) in [7, 11) is 0. The zero-order valence-corrected chi connectivity index (χ0v) is 17.9. The SMILES string of the molecule is CC1(Cc2ccc(F)c(F)c2)NC(=O)C(C(=O)Nc2ccc(C3CCCCC3)cc2)=C1O. The number of anilines is 1. The highest BCUT2D eigenvalue weighted by Crippen LogP contribution is 2.33. The highest BCUT2D eigenvalue weighted by molar-refractivity contribution is 6.24. The molecule has 7 heteroatoms. The fourth-order valence-electron chi connectivity index (χ4n) is 4.62. The number of carbonyl (C=O) groups is 2. The number of benzene rings is 2. The Labute approximate surface area is 185 Å². The van der Waals surface area contributed by atoms with Crippen molar-refractivity contribution < 1.29 is 23.5 Å². The fraction of sp³-hybridized carbons (Fsp3) is 0.360. The van der Waals surface area contributed by atoms with Crippen LogP contribution in [0, 0.1) is 11.6 Å². The number of aliphatic hydroxyl groups excluding tert-OH is 1. The predicted octanol–water partition coefficient (Wildman–Crippen LogP) is 4.89. The first-order valence-corrected chi connectivity index (χ1v) is 10.9. The van der Waals surface area contributed by atoms with Gasteiger partial charge >= 0.3 is 0 Å². The Kier molecular flexibility index (Phi) is 6.00. The van der Waals surface area contributed by atoms with Gasteiger partial charge in [0.2, 0.25) is 0 Å². The number of halogens is 2. The van der Waals surface area contributed by atoms with Gasteiger partial charge in [0.25, 0.3) is 11.8 Å². The highest BCUT2D eigenvalue weighted by Gasteiger charge is 2.44. The summed E-state index contributed by atoms with van der Waals surface area (Å²) in [4.78, 5) is 25.2. The van der Waals surface area contributed by atoms with Crippen LogP contribution in [0.1, 0.15) is 56.1 Å². The third kappa shape index (κ3) is 4.38. The Morgan fingerprint density at radius 1 is 1.09 bits per heavy atom. The van der Waals surface area contributed by atoms with E-state index >= 15 is 0 Å². The molecule has 0 saturated heterocycles. The van der Waals surface area contributed by atoms with Crippen molar-refractivity contribution in [2.24, 2.45) is 0 Å². The molecule has 2 aromatic carbocycles. The van der Waals surface area contributed by atoms with Crippen LogP contribution < -0.4 is 10.6 Å². The monoisotopic (exact) mass is 440 g/mol. The third-order valence-electron chi connectivity index (χ3n) is 6.39. The first-order valence-electron chi connectivity index (χ1n) is 10.9. The average Bonchev–Trinajstić information content (AvgIpc) is 2.99. The second kappa shape index (κ2) is 8.73. The van der Waals surface area contributed by atoms with Gasteiger partial charge in [-0.25, -0.2) is 8.78 Å². The normalized spacial score (nSPS) is 21.5. The number of hydrogen-bond acceptors (Lipinski definition) is 3. The molecule has 0 bridgehead atoms. The van der Waals surface area contributed by atoms with Crippen LogP contribution in [0.4, 0.5) is 14.5 Å². The van der Waals surface area contributed by atoms with Gasteiger partial charge in [-0.2, -0.15) is 0 Å². The second-order valence-electron chi connectivity index (χ2n) is 8.85. The van der Waals surface area contributed by atoms with E-state index in [4.69, 9.17) is 0 Å². The summed E-state index contributed by atoms with van der Waals surface area (Å²) in [6.07, 6.45) is 6.07. The first-order chi connectivity index (χ1) is 15.3. The van der Waals surface area contributed by atoms with Gasteiger partial charge in [0.1, 0.15) is 11.3 Å². The van der Waals surface area contributed by atoms with Crippen molar-refractivity contribution in [3.05, 3.63) is 76.6 Å². The molecule has 32 heavy (non-hydrogen) atoms. The molecule has 1 aliphatic carbocycles. The summed E-state index contributed by atoms with van der Waals surface area (Å²) in [5.41, 5.74) is 0.447. The summed E-state index contributed by atoms with van der Waals surface area (Å²) in [5, 5.41) is 16.0. The van der Waals surface area contributed by atoms with Gasteiger partial charge in [0.15, 0.2) is 11.6 Å². The number of nitrogens with one attached hydrogen (secondary N) is 2. The van der Waals surface area contributed by atoms with Crippen LogP contribution in [0.15, 0.2) is 53.8 Å². The van der Waals surface area contributed by atoms with Crippen molar-refractivity contribution in [1.82, 2.24) is 5.32 Å². The van der Waals surface area contributed by atoms with Gasteiger partial charge < -0.3 is 15.7 Å². The lowest BCUT2D eigenvalue weighted by Crippen LogP contribution is -2.43. The van der Waals surface area contributed by atoms with Crippen LogP contribution in [0.25, 0.3) is 0 Å². The van der Waals surface area contributed by atoms with Crippen molar-refractivity contribution >= 4 is 17.5 Å². The summed E-state index contributed by atoms with van der Waals surface area (Å²) in [5.74, 6) is -3.33. The molecule has 1 saturated carbocycles. The predicted molar refractivity (Wildman–Crippen MR) is 117 cm³/mol. The van der Waals surface area contributed by atoms with Crippen molar-refractivity contribution in [1.29, 1.82) is 0 Å². The van der Waals surface area contributed by atoms with Gasteiger partial charge in [-0.3, -0.25) is 9.59 Å². The number of amides is 2. The molecule has 0 spiro atoms. The molecule has 1 aliphatic heterocycles. The summed E-state index contributed by atoms with van der Waals surface area (Å²) < 4.78 is 26.7. The van der Waals surface area contributed by atoms with E-state index in [-0.39, 0.29) is 12.0 Å². The van der Waals surface area contributed by atoms with Crippen LogP contribution >= 0.6 is 0 Å². The topological polar surface area (TPSA) is 78.4 Å². The molecule has 1 atom stereocenters. The average molecular weight is 440 g/mol. The van der Waals surface area contributed by atoms with E-state index in [1.165, 1.54) is 50.7 Å². The van der Waals surface area contributed by atoms with E-state index in [0.717, 1.165) is 12.1 Å². The number of hydrogen-bond donors (Lipinski definition) is 3. The van der Waals surface area contributed by atoms with E-state index in [2.05, 4.69) is 10.6 Å². The lowest BCUT2D eigenvalue weighted by atomic mass is 9.84. The largest absolute Gasteiger partial charge is 0.509 e. The Morgan fingerprint density at radius 3 is 2.44 bits per heavy atom. The van der Waals surface area contributed by atoms with Crippen LogP contribution in [0.2, 0.25) is 0 Å². The Hall–Kier alpha value is -3.22. The van der Waals surface area contributed by atoms with Crippen molar-refractivity contribution in [2.75, 3.05) is 5.32 Å². The Morgan fingerprint density at radius 2 is 1.78 bits per heavy atom. The lowest BCUT2D eigenvalue weighted by molar-refractivity contribution is -0.121. The lowest BCUT2D eigenvalue weighted by Gasteiger charge is -2.24. The Balaban J connectivity index is 1.49. The maximum absolute atomic E-state index is 13.5. The van der Waals surface area contributed by atoms with Crippen LogP contribution in [0.5, 0.6) is 0 Å². The summed E-state index contributed by atoms with van der Waals surface area (Å²) >= 11 is 0. The summed E-state index contributed by atoms with van der Waals surface area (Å²) in [6, 6.07) is 10.9. The van der Waals surface area contributed by atoms with Gasteiger partial charge in [-0.1, -0.05) is 37.5 Å². The molecule has 2 aromatic rings.